The van der Waals surface area contributed by atoms with Gasteiger partial charge in [-0.15, -0.1) is 0 Å². The average molecular weight is 1150 g/mol. The Morgan fingerprint density at radius 1 is 0.200 bits per heavy atom. The molecule has 0 saturated heterocycles. The third-order valence-electron chi connectivity index (χ3n) is 17.8. The van der Waals surface area contributed by atoms with E-state index in [0.29, 0.717) is 0 Å². The number of fused-ring (bicyclic) bond motifs is 6. The van der Waals surface area contributed by atoms with Crippen LogP contribution in [0.5, 0.6) is 0 Å². The number of aryl methyl sites for hydroxylation is 2. The van der Waals surface area contributed by atoms with Crippen molar-refractivity contribution >= 4 is 78.0 Å². The fourth-order valence-corrected chi connectivity index (χ4v) is 13.2. The molecular formula is C86H60N2O2. The number of anilines is 6. The van der Waals surface area contributed by atoms with Gasteiger partial charge in [0.2, 0.25) is 0 Å². The lowest BCUT2D eigenvalue weighted by molar-refractivity contribution is 0.668. The maximum atomic E-state index is 6.22. The standard InChI is InChI=1S/C86H60N2O2/c1-57-53-67(41-49-79(57)87(81-25-13-9-21-73(81)65-33-29-61(30-34-65)59-17-5-3-6-18-59)71-45-37-63(38-46-71)69-43-51-85-77(55-69)75-23-11-15-27-83(75)89-85)68-42-50-80(58(2)54-68)88(82-26-14-10-22-74(82)66-35-31-62(32-36-66)60-19-7-4-8-20-60)72-47-39-64(40-48-72)70-44-52-86-78(56-70)76-24-12-16-28-84(76)90-86/h3-56H,1-2H3. The van der Waals surface area contributed by atoms with E-state index in [1.807, 2.05) is 24.3 Å². The first kappa shape index (κ1) is 53.7. The van der Waals surface area contributed by atoms with Crippen molar-refractivity contribution in [1.82, 2.24) is 0 Å². The molecule has 0 atom stereocenters. The zero-order valence-electron chi connectivity index (χ0n) is 49.9. The van der Waals surface area contributed by atoms with Crippen molar-refractivity contribution in [2.24, 2.45) is 0 Å². The molecule has 14 aromatic carbocycles. The minimum Gasteiger partial charge on any atom is -0.456 e. The van der Waals surface area contributed by atoms with Crippen LogP contribution < -0.4 is 9.80 Å². The molecule has 0 aliphatic heterocycles. The summed E-state index contributed by atoms with van der Waals surface area (Å²) < 4.78 is 12.4. The molecule has 0 saturated carbocycles. The molecule has 16 rings (SSSR count). The number of nitrogens with zero attached hydrogens (tertiary/aromatic N) is 2. The van der Waals surface area contributed by atoms with Gasteiger partial charge in [0, 0.05) is 55.4 Å². The van der Waals surface area contributed by atoms with Gasteiger partial charge in [-0.3, -0.25) is 0 Å². The highest BCUT2D eigenvalue weighted by molar-refractivity contribution is 6.07. The SMILES string of the molecule is Cc1cc(-c2ccc(N(c3ccc(-c4ccc5oc6ccccc6c5c4)cc3)c3ccccc3-c3ccc(-c4ccccc4)cc3)c(C)c2)ccc1N(c1ccc(-c2ccc3oc4ccccc4c3c2)cc1)c1ccccc1-c1ccc(-c2ccccc2)cc1. The Morgan fingerprint density at radius 2 is 0.489 bits per heavy atom. The molecule has 4 heteroatoms. The van der Waals surface area contributed by atoms with Crippen LogP contribution in [-0.2, 0) is 0 Å². The highest BCUT2D eigenvalue weighted by Gasteiger charge is 2.23. The zero-order valence-corrected chi connectivity index (χ0v) is 49.9. The zero-order chi connectivity index (χ0) is 60.1. The van der Waals surface area contributed by atoms with E-state index in [4.69, 9.17) is 8.83 Å². The molecule has 0 spiro atoms. The molecular weight excluding hydrogens is 1090 g/mol. The van der Waals surface area contributed by atoms with Crippen LogP contribution in [0.1, 0.15) is 11.1 Å². The Hall–Kier alpha value is -11.7. The molecule has 0 aliphatic carbocycles. The van der Waals surface area contributed by atoms with Gasteiger partial charge in [-0.2, -0.15) is 0 Å². The second kappa shape index (κ2) is 22.9. The normalized spacial score (nSPS) is 11.4. The van der Waals surface area contributed by atoms with Gasteiger partial charge in [0.1, 0.15) is 22.3 Å². The number of furan rings is 2. The molecule has 0 fully saturated rings. The molecule has 90 heavy (non-hydrogen) atoms. The van der Waals surface area contributed by atoms with Gasteiger partial charge in [-0.1, -0.05) is 231 Å². The van der Waals surface area contributed by atoms with Gasteiger partial charge in [-0.05, 0) is 189 Å². The van der Waals surface area contributed by atoms with Crippen LogP contribution in [0.25, 0.3) is 122 Å². The summed E-state index contributed by atoms with van der Waals surface area (Å²) >= 11 is 0. The largest absolute Gasteiger partial charge is 0.456 e. The van der Waals surface area contributed by atoms with E-state index in [2.05, 4.69) is 327 Å². The third kappa shape index (κ3) is 9.96. The Morgan fingerprint density at radius 3 is 0.900 bits per heavy atom. The van der Waals surface area contributed by atoms with Crippen LogP contribution in [0, 0.1) is 13.8 Å². The summed E-state index contributed by atoms with van der Waals surface area (Å²) in [6.07, 6.45) is 0. The van der Waals surface area contributed by atoms with Gasteiger partial charge < -0.3 is 18.6 Å². The molecule has 2 aromatic heterocycles. The first-order valence-corrected chi connectivity index (χ1v) is 30.8. The van der Waals surface area contributed by atoms with Crippen LogP contribution in [0.15, 0.2) is 336 Å². The molecule has 0 unspecified atom stereocenters. The van der Waals surface area contributed by atoms with Crippen molar-refractivity contribution in [3.05, 3.63) is 339 Å². The molecule has 0 radical (unpaired) electrons. The first-order valence-electron chi connectivity index (χ1n) is 30.8. The smallest absolute Gasteiger partial charge is 0.135 e. The maximum Gasteiger partial charge on any atom is 0.135 e. The summed E-state index contributed by atoms with van der Waals surface area (Å²) in [7, 11) is 0. The lowest BCUT2D eigenvalue weighted by Gasteiger charge is -2.30. The number of hydrogen-bond acceptors (Lipinski definition) is 4. The molecule has 16 aromatic rings. The molecule has 4 nitrogen and oxygen atoms in total. The van der Waals surface area contributed by atoms with Crippen LogP contribution in [0.2, 0.25) is 0 Å². The van der Waals surface area contributed by atoms with Gasteiger partial charge in [0.05, 0.1) is 11.4 Å². The van der Waals surface area contributed by atoms with E-state index >= 15 is 0 Å². The van der Waals surface area contributed by atoms with Crippen molar-refractivity contribution < 1.29 is 8.83 Å². The van der Waals surface area contributed by atoms with Crippen LogP contribution >= 0.6 is 0 Å². The van der Waals surface area contributed by atoms with E-state index < -0.39 is 0 Å². The van der Waals surface area contributed by atoms with Gasteiger partial charge >= 0.3 is 0 Å². The third-order valence-corrected chi connectivity index (χ3v) is 17.8. The summed E-state index contributed by atoms with van der Waals surface area (Å²) in [5.74, 6) is 0. The van der Waals surface area contributed by atoms with Crippen molar-refractivity contribution in [3.63, 3.8) is 0 Å². The van der Waals surface area contributed by atoms with Gasteiger partial charge in [-0.25, -0.2) is 0 Å². The number of hydrogen-bond donors (Lipinski definition) is 0. The Balaban J connectivity index is 0.772. The molecule has 0 amide bonds. The second-order valence-electron chi connectivity index (χ2n) is 23.3. The van der Waals surface area contributed by atoms with Crippen molar-refractivity contribution in [3.8, 4) is 77.9 Å². The number of rotatable bonds is 13. The van der Waals surface area contributed by atoms with Crippen molar-refractivity contribution in [2.75, 3.05) is 9.80 Å². The van der Waals surface area contributed by atoms with Gasteiger partial charge in [0.25, 0.3) is 0 Å². The lowest BCUT2D eigenvalue weighted by atomic mass is 9.96. The van der Waals surface area contributed by atoms with Crippen molar-refractivity contribution in [1.29, 1.82) is 0 Å². The van der Waals surface area contributed by atoms with Gasteiger partial charge in [0.15, 0.2) is 0 Å². The Kier molecular flexibility index (Phi) is 13.6. The highest BCUT2D eigenvalue weighted by Crippen LogP contribution is 2.47. The summed E-state index contributed by atoms with van der Waals surface area (Å²) in [6.45, 7) is 4.49. The fraction of sp³-hybridized carbons (Fsp3) is 0.0233. The van der Waals surface area contributed by atoms with E-state index in [-0.39, 0.29) is 0 Å². The Bertz CT molecular complexity index is 4960. The molecule has 0 N–H and O–H groups in total. The first-order chi connectivity index (χ1) is 44.4. The minimum atomic E-state index is 0.891. The van der Waals surface area contributed by atoms with E-state index in [0.717, 1.165) is 145 Å². The van der Waals surface area contributed by atoms with E-state index in [1.165, 1.54) is 22.3 Å². The topological polar surface area (TPSA) is 32.8 Å². The van der Waals surface area contributed by atoms with E-state index in [9.17, 15) is 0 Å². The van der Waals surface area contributed by atoms with Crippen LogP contribution in [-0.4, -0.2) is 0 Å². The summed E-state index contributed by atoms with van der Waals surface area (Å²) in [5, 5.41) is 4.48. The summed E-state index contributed by atoms with van der Waals surface area (Å²) in [5.41, 5.74) is 28.6. The maximum absolute atomic E-state index is 6.22. The molecule has 0 bridgehead atoms. The molecule has 0 aliphatic rings. The monoisotopic (exact) mass is 1150 g/mol. The van der Waals surface area contributed by atoms with Crippen LogP contribution in [0.4, 0.5) is 34.1 Å². The predicted molar refractivity (Wildman–Crippen MR) is 378 cm³/mol. The summed E-state index contributed by atoms with van der Waals surface area (Å²) in [6, 6.07) is 118. The fourth-order valence-electron chi connectivity index (χ4n) is 13.2. The van der Waals surface area contributed by atoms with Crippen LogP contribution in [0.3, 0.4) is 0 Å². The lowest BCUT2D eigenvalue weighted by Crippen LogP contribution is -2.13. The molecule has 2 heterocycles. The second-order valence-corrected chi connectivity index (χ2v) is 23.3. The van der Waals surface area contributed by atoms with Crippen molar-refractivity contribution in [2.45, 2.75) is 13.8 Å². The highest BCUT2D eigenvalue weighted by atomic mass is 16.3. The van der Waals surface area contributed by atoms with E-state index in [1.54, 1.807) is 0 Å². The number of para-hydroxylation sites is 4. The Labute approximate surface area is 524 Å². The quantitative estimate of drug-likeness (QED) is 0.115. The predicted octanol–water partition coefficient (Wildman–Crippen LogP) is 24.7. The molecule has 426 valence electrons. The average Bonchev–Trinajstić information content (AvgIpc) is 1.24. The summed E-state index contributed by atoms with van der Waals surface area (Å²) in [4.78, 5) is 4.86. The number of benzene rings is 14. The minimum absolute atomic E-state index is 0.891.